The van der Waals surface area contributed by atoms with Crippen molar-refractivity contribution < 1.29 is 19.4 Å². The lowest BCUT2D eigenvalue weighted by Gasteiger charge is -2.12. The summed E-state index contributed by atoms with van der Waals surface area (Å²) >= 11 is 0. The van der Waals surface area contributed by atoms with Crippen LogP contribution in [0.15, 0.2) is 48.5 Å². The summed E-state index contributed by atoms with van der Waals surface area (Å²) in [6, 6.07) is 13.3. The van der Waals surface area contributed by atoms with Crippen LogP contribution in [-0.4, -0.2) is 28.9 Å². The molecule has 0 saturated heterocycles. The van der Waals surface area contributed by atoms with Crippen molar-refractivity contribution in [2.75, 3.05) is 0 Å². The van der Waals surface area contributed by atoms with Crippen molar-refractivity contribution in [3.05, 3.63) is 65.2 Å². The predicted octanol–water partition coefficient (Wildman–Crippen LogP) is 2.14. The third-order valence-corrected chi connectivity index (χ3v) is 3.62. The van der Waals surface area contributed by atoms with Gasteiger partial charge in [0.1, 0.15) is 18.2 Å². The van der Waals surface area contributed by atoms with Gasteiger partial charge in [-0.05, 0) is 30.7 Å². The fourth-order valence-corrected chi connectivity index (χ4v) is 2.29. The van der Waals surface area contributed by atoms with Gasteiger partial charge >= 0.3 is 5.97 Å². The maximum absolute atomic E-state index is 12.2. The van der Waals surface area contributed by atoms with Crippen molar-refractivity contribution in [1.29, 1.82) is 5.41 Å². The Hall–Kier alpha value is -3.35. The van der Waals surface area contributed by atoms with Crippen LogP contribution in [0.4, 0.5) is 0 Å². The number of nitrogens with one attached hydrogen (secondary N) is 2. The SMILES string of the molecule is CC(CC(=O)O)NC(=O)c1cccc(OCc2ccc(C(=N)N)cc2)c1. The van der Waals surface area contributed by atoms with Crippen molar-refractivity contribution in [3.8, 4) is 5.75 Å². The number of nitrogen functional groups attached to an aromatic ring is 1. The summed E-state index contributed by atoms with van der Waals surface area (Å²) in [5.41, 5.74) is 7.36. The minimum Gasteiger partial charge on any atom is -0.489 e. The molecule has 1 unspecified atom stereocenters. The molecule has 0 aliphatic rings. The summed E-state index contributed by atoms with van der Waals surface area (Å²) in [4.78, 5) is 22.8. The van der Waals surface area contributed by atoms with Gasteiger partial charge < -0.3 is 20.9 Å². The monoisotopic (exact) mass is 355 g/mol. The minimum absolute atomic E-state index is 0.00769. The second-order valence-electron chi connectivity index (χ2n) is 5.90. The Morgan fingerprint density at radius 2 is 1.88 bits per heavy atom. The second-order valence-corrected chi connectivity index (χ2v) is 5.90. The smallest absolute Gasteiger partial charge is 0.305 e. The molecular formula is C19H21N3O4. The number of carbonyl (C=O) groups is 2. The molecule has 7 nitrogen and oxygen atoms in total. The molecule has 0 spiro atoms. The standard InChI is InChI=1S/C19H21N3O4/c1-12(9-17(23)24)22-19(25)15-3-2-4-16(10-15)26-11-13-5-7-14(8-6-13)18(20)21/h2-8,10,12H,9,11H2,1H3,(H3,20,21)(H,22,25)(H,23,24). The molecule has 2 rings (SSSR count). The number of nitrogens with two attached hydrogens (primary N) is 1. The lowest BCUT2D eigenvalue weighted by atomic mass is 10.1. The van der Waals surface area contributed by atoms with E-state index in [0.29, 0.717) is 23.5 Å². The second kappa shape index (κ2) is 8.66. The van der Waals surface area contributed by atoms with Gasteiger partial charge in [-0.2, -0.15) is 0 Å². The molecule has 0 aliphatic heterocycles. The van der Waals surface area contributed by atoms with E-state index in [1.807, 2.05) is 12.1 Å². The first-order valence-corrected chi connectivity index (χ1v) is 8.04. The Labute approximate surface area is 151 Å². The van der Waals surface area contributed by atoms with Crippen LogP contribution in [0, 0.1) is 5.41 Å². The van der Waals surface area contributed by atoms with Crippen molar-refractivity contribution in [2.24, 2.45) is 5.73 Å². The van der Waals surface area contributed by atoms with E-state index in [4.69, 9.17) is 21.0 Å². The molecule has 1 atom stereocenters. The third-order valence-electron chi connectivity index (χ3n) is 3.62. The number of rotatable bonds is 8. The minimum atomic E-state index is -0.967. The molecule has 0 saturated carbocycles. The van der Waals surface area contributed by atoms with Gasteiger partial charge in [-0.25, -0.2) is 0 Å². The molecule has 0 aromatic heterocycles. The first kappa shape index (κ1) is 19.0. The maximum Gasteiger partial charge on any atom is 0.305 e. The lowest BCUT2D eigenvalue weighted by Crippen LogP contribution is -2.34. The number of aliphatic carboxylic acids is 1. The summed E-state index contributed by atoms with van der Waals surface area (Å²) in [7, 11) is 0. The molecule has 0 bridgehead atoms. The Morgan fingerprint density at radius 1 is 1.19 bits per heavy atom. The van der Waals surface area contributed by atoms with Gasteiger partial charge in [0.25, 0.3) is 5.91 Å². The average molecular weight is 355 g/mol. The van der Waals surface area contributed by atoms with Crippen molar-refractivity contribution >= 4 is 17.7 Å². The normalized spacial score (nSPS) is 11.4. The number of benzene rings is 2. The molecule has 26 heavy (non-hydrogen) atoms. The Balaban J connectivity index is 1.96. The van der Waals surface area contributed by atoms with Crippen molar-refractivity contribution in [2.45, 2.75) is 26.0 Å². The van der Waals surface area contributed by atoms with E-state index >= 15 is 0 Å². The van der Waals surface area contributed by atoms with E-state index in [1.54, 1.807) is 43.3 Å². The van der Waals surface area contributed by atoms with Gasteiger partial charge in [0.05, 0.1) is 6.42 Å². The molecule has 0 aliphatic carbocycles. The highest BCUT2D eigenvalue weighted by Gasteiger charge is 2.13. The van der Waals surface area contributed by atoms with Gasteiger partial charge in [-0.3, -0.25) is 15.0 Å². The number of amidine groups is 1. The van der Waals surface area contributed by atoms with Gasteiger partial charge in [0, 0.05) is 17.2 Å². The van der Waals surface area contributed by atoms with E-state index in [1.165, 1.54) is 0 Å². The summed E-state index contributed by atoms with van der Waals surface area (Å²) in [6.07, 6.45) is -0.141. The highest BCUT2D eigenvalue weighted by atomic mass is 16.5. The fraction of sp³-hybridized carbons (Fsp3) is 0.211. The molecule has 5 N–H and O–H groups in total. The summed E-state index contributed by atoms with van der Waals surface area (Å²) < 4.78 is 5.69. The fourth-order valence-electron chi connectivity index (χ4n) is 2.29. The maximum atomic E-state index is 12.2. The van der Waals surface area contributed by atoms with Crippen LogP contribution in [0.3, 0.4) is 0 Å². The molecule has 0 heterocycles. The quantitative estimate of drug-likeness (QED) is 0.426. The zero-order valence-corrected chi connectivity index (χ0v) is 14.4. The molecule has 2 aromatic rings. The van der Waals surface area contributed by atoms with Crippen LogP contribution >= 0.6 is 0 Å². The van der Waals surface area contributed by atoms with Gasteiger partial charge in [0.2, 0.25) is 0 Å². The topological polar surface area (TPSA) is 126 Å². The molecular weight excluding hydrogens is 334 g/mol. The van der Waals surface area contributed by atoms with Crippen LogP contribution in [-0.2, 0) is 11.4 Å². The average Bonchev–Trinajstić information content (AvgIpc) is 2.59. The zero-order chi connectivity index (χ0) is 19.1. The molecule has 136 valence electrons. The summed E-state index contributed by atoms with van der Waals surface area (Å²) in [6.45, 7) is 1.94. The van der Waals surface area contributed by atoms with Crippen LogP contribution in [0.25, 0.3) is 0 Å². The molecule has 0 radical (unpaired) electrons. The van der Waals surface area contributed by atoms with Gasteiger partial charge in [-0.1, -0.05) is 30.3 Å². The third kappa shape index (κ3) is 5.62. The number of hydrogen-bond donors (Lipinski definition) is 4. The van der Waals surface area contributed by atoms with Crippen LogP contribution < -0.4 is 15.8 Å². The van der Waals surface area contributed by atoms with E-state index in [9.17, 15) is 9.59 Å². The first-order valence-electron chi connectivity index (χ1n) is 8.04. The largest absolute Gasteiger partial charge is 0.489 e. The number of ether oxygens (including phenoxy) is 1. The molecule has 7 heteroatoms. The number of carboxylic acids is 1. The Kier molecular flexibility index (Phi) is 6.32. The van der Waals surface area contributed by atoms with E-state index < -0.39 is 12.0 Å². The van der Waals surface area contributed by atoms with Crippen LogP contribution in [0.5, 0.6) is 5.75 Å². The Morgan fingerprint density at radius 3 is 2.50 bits per heavy atom. The summed E-state index contributed by atoms with van der Waals surface area (Å²) in [5, 5.41) is 18.8. The molecule has 1 amide bonds. The number of hydrogen-bond acceptors (Lipinski definition) is 4. The van der Waals surface area contributed by atoms with E-state index in [-0.39, 0.29) is 18.2 Å². The number of carbonyl (C=O) groups excluding carboxylic acids is 1. The van der Waals surface area contributed by atoms with E-state index in [2.05, 4.69) is 5.32 Å². The van der Waals surface area contributed by atoms with Crippen LogP contribution in [0.2, 0.25) is 0 Å². The number of carboxylic acid groups (broad SMARTS) is 1. The van der Waals surface area contributed by atoms with Crippen molar-refractivity contribution in [3.63, 3.8) is 0 Å². The highest BCUT2D eigenvalue weighted by Crippen LogP contribution is 2.16. The lowest BCUT2D eigenvalue weighted by molar-refractivity contribution is -0.137. The first-order chi connectivity index (χ1) is 12.3. The number of amides is 1. The predicted molar refractivity (Wildman–Crippen MR) is 97.4 cm³/mol. The van der Waals surface area contributed by atoms with Crippen LogP contribution in [0.1, 0.15) is 34.8 Å². The molecule has 0 fully saturated rings. The van der Waals surface area contributed by atoms with Crippen molar-refractivity contribution in [1.82, 2.24) is 5.32 Å². The highest BCUT2D eigenvalue weighted by molar-refractivity contribution is 5.95. The van der Waals surface area contributed by atoms with Gasteiger partial charge in [-0.15, -0.1) is 0 Å². The zero-order valence-electron chi connectivity index (χ0n) is 14.4. The Bertz CT molecular complexity index is 803. The van der Waals surface area contributed by atoms with Gasteiger partial charge in [0.15, 0.2) is 0 Å². The molecule has 2 aromatic carbocycles. The summed E-state index contributed by atoms with van der Waals surface area (Å²) in [5.74, 6) is -0.784. The van der Waals surface area contributed by atoms with E-state index in [0.717, 1.165) is 5.56 Å².